The van der Waals surface area contributed by atoms with Crippen LogP contribution in [0.1, 0.15) is 5.56 Å². The van der Waals surface area contributed by atoms with E-state index in [1.165, 1.54) is 18.5 Å². The van der Waals surface area contributed by atoms with E-state index in [0.717, 1.165) is 42.3 Å². The van der Waals surface area contributed by atoms with Gasteiger partial charge >= 0.3 is 0 Å². The van der Waals surface area contributed by atoms with Crippen LogP contribution < -0.4 is 20.3 Å². The standard InChI is InChI=1S/C23H25N7O3/c1-28-8-9-29-19(13-28)14-33-21-10-17(4-7-20(21)29)27-23-11-22(25-15-26-23)24-12-16-2-5-18(6-3-16)30(31)32/h2-7,10-11,15,19H,8-9,12-14H2,1H3,(H2,24,25,26,27)/t19-/m0/s1. The third-order valence-corrected chi connectivity index (χ3v) is 5.95. The Hall–Kier alpha value is -3.92. The quantitative estimate of drug-likeness (QED) is 0.435. The maximum absolute atomic E-state index is 10.8. The van der Waals surface area contributed by atoms with Gasteiger partial charge in [-0.25, -0.2) is 9.97 Å². The molecule has 0 amide bonds. The van der Waals surface area contributed by atoms with E-state index in [4.69, 9.17) is 4.74 Å². The summed E-state index contributed by atoms with van der Waals surface area (Å²) < 4.78 is 6.06. The molecule has 0 radical (unpaired) electrons. The lowest BCUT2D eigenvalue weighted by Gasteiger charge is -2.44. The van der Waals surface area contributed by atoms with Crippen LogP contribution in [0.2, 0.25) is 0 Å². The number of nitrogens with zero attached hydrogens (tertiary/aromatic N) is 5. The number of likely N-dealkylation sites (N-methyl/N-ethyl adjacent to an activating group) is 1. The fourth-order valence-corrected chi connectivity index (χ4v) is 4.20. The van der Waals surface area contributed by atoms with Crippen LogP contribution in [0.25, 0.3) is 0 Å². The number of hydrogen-bond donors (Lipinski definition) is 2. The second kappa shape index (κ2) is 8.91. The molecule has 2 N–H and O–H groups in total. The number of ether oxygens (including phenoxy) is 1. The zero-order chi connectivity index (χ0) is 22.8. The molecule has 0 aliphatic carbocycles. The largest absolute Gasteiger partial charge is 0.489 e. The van der Waals surface area contributed by atoms with E-state index in [1.54, 1.807) is 12.1 Å². The Bertz CT molecular complexity index is 1160. The van der Waals surface area contributed by atoms with Crippen LogP contribution >= 0.6 is 0 Å². The molecule has 10 heteroatoms. The lowest BCUT2D eigenvalue weighted by molar-refractivity contribution is -0.384. The molecule has 1 aromatic heterocycles. The fourth-order valence-electron chi connectivity index (χ4n) is 4.20. The zero-order valence-corrected chi connectivity index (χ0v) is 18.3. The second-order valence-electron chi connectivity index (χ2n) is 8.29. The molecule has 2 aliphatic rings. The van der Waals surface area contributed by atoms with Gasteiger partial charge in [0.05, 0.1) is 16.7 Å². The number of non-ortho nitro benzene ring substituents is 1. The van der Waals surface area contributed by atoms with Gasteiger partial charge in [-0.2, -0.15) is 0 Å². The van der Waals surface area contributed by atoms with Gasteiger partial charge in [-0.05, 0) is 24.7 Å². The molecule has 0 spiro atoms. The second-order valence-corrected chi connectivity index (χ2v) is 8.29. The van der Waals surface area contributed by atoms with Crippen LogP contribution in [-0.2, 0) is 6.54 Å². The Labute approximate surface area is 191 Å². The Morgan fingerprint density at radius 1 is 1.12 bits per heavy atom. The third-order valence-electron chi connectivity index (χ3n) is 5.95. The van der Waals surface area contributed by atoms with Gasteiger partial charge in [-0.1, -0.05) is 12.1 Å². The molecule has 1 fully saturated rings. The lowest BCUT2D eigenvalue weighted by atomic mass is 10.1. The van der Waals surface area contributed by atoms with Gasteiger partial charge in [0.15, 0.2) is 0 Å². The summed E-state index contributed by atoms with van der Waals surface area (Å²) in [6.45, 7) is 4.24. The summed E-state index contributed by atoms with van der Waals surface area (Å²) in [6, 6.07) is 14.8. The van der Waals surface area contributed by atoms with E-state index in [2.05, 4.69) is 43.5 Å². The Morgan fingerprint density at radius 2 is 1.94 bits per heavy atom. The van der Waals surface area contributed by atoms with Crippen LogP contribution in [0.5, 0.6) is 5.75 Å². The molecular weight excluding hydrogens is 422 g/mol. The van der Waals surface area contributed by atoms with Crippen molar-refractivity contribution in [3.8, 4) is 5.75 Å². The number of nitrogens with one attached hydrogen (secondary N) is 2. The van der Waals surface area contributed by atoms with Crippen molar-refractivity contribution in [3.63, 3.8) is 0 Å². The number of benzene rings is 2. The van der Waals surface area contributed by atoms with Gasteiger partial charge in [0.2, 0.25) is 0 Å². The summed E-state index contributed by atoms with van der Waals surface area (Å²) in [5.41, 5.74) is 3.02. The molecule has 10 nitrogen and oxygen atoms in total. The molecule has 0 unspecified atom stereocenters. The molecule has 33 heavy (non-hydrogen) atoms. The number of nitro benzene ring substituents is 1. The van der Waals surface area contributed by atoms with Crippen LogP contribution in [-0.4, -0.2) is 59.1 Å². The van der Waals surface area contributed by atoms with E-state index in [0.29, 0.717) is 30.8 Å². The van der Waals surface area contributed by atoms with E-state index in [1.807, 2.05) is 18.2 Å². The molecule has 0 bridgehead atoms. The highest BCUT2D eigenvalue weighted by Crippen LogP contribution is 2.37. The summed E-state index contributed by atoms with van der Waals surface area (Å²) in [6.07, 6.45) is 1.49. The molecule has 2 aromatic carbocycles. The van der Waals surface area contributed by atoms with Gasteiger partial charge in [-0.15, -0.1) is 0 Å². The monoisotopic (exact) mass is 447 g/mol. The van der Waals surface area contributed by atoms with Crippen molar-refractivity contribution >= 4 is 28.7 Å². The molecule has 170 valence electrons. The molecule has 1 saturated heterocycles. The highest BCUT2D eigenvalue weighted by atomic mass is 16.6. The maximum atomic E-state index is 10.8. The third kappa shape index (κ3) is 4.65. The molecule has 0 saturated carbocycles. The van der Waals surface area contributed by atoms with Gasteiger partial charge in [0.25, 0.3) is 5.69 Å². The Balaban J connectivity index is 1.24. The van der Waals surface area contributed by atoms with E-state index >= 15 is 0 Å². The normalized spacial score (nSPS) is 17.5. The minimum absolute atomic E-state index is 0.0736. The van der Waals surface area contributed by atoms with Gasteiger partial charge in [-0.3, -0.25) is 10.1 Å². The van der Waals surface area contributed by atoms with Crippen LogP contribution in [0, 0.1) is 10.1 Å². The summed E-state index contributed by atoms with van der Waals surface area (Å²) in [5.74, 6) is 2.19. The fraction of sp³-hybridized carbons (Fsp3) is 0.304. The maximum Gasteiger partial charge on any atom is 0.269 e. The highest BCUT2D eigenvalue weighted by Gasteiger charge is 2.31. The first-order valence-corrected chi connectivity index (χ1v) is 10.8. The molecule has 5 rings (SSSR count). The number of aromatic nitrogens is 2. The van der Waals surface area contributed by atoms with E-state index in [9.17, 15) is 10.1 Å². The summed E-state index contributed by atoms with van der Waals surface area (Å²) in [5, 5.41) is 17.3. The average molecular weight is 447 g/mol. The molecule has 3 heterocycles. The van der Waals surface area contributed by atoms with Crippen molar-refractivity contribution in [2.75, 3.05) is 48.8 Å². The summed E-state index contributed by atoms with van der Waals surface area (Å²) in [4.78, 5) is 23.7. The van der Waals surface area contributed by atoms with Crippen LogP contribution in [0.15, 0.2) is 54.9 Å². The molecule has 1 atom stereocenters. The van der Waals surface area contributed by atoms with Crippen molar-refractivity contribution in [2.45, 2.75) is 12.6 Å². The number of piperazine rings is 1. The van der Waals surface area contributed by atoms with Crippen molar-refractivity contribution in [1.29, 1.82) is 0 Å². The van der Waals surface area contributed by atoms with Crippen molar-refractivity contribution in [3.05, 3.63) is 70.5 Å². The predicted octanol–water partition coefficient (Wildman–Crippen LogP) is 3.25. The first kappa shape index (κ1) is 21.0. The summed E-state index contributed by atoms with van der Waals surface area (Å²) in [7, 11) is 2.15. The smallest absolute Gasteiger partial charge is 0.269 e. The van der Waals surface area contributed by atoms with Gasteiger partial charge in [0.1, 0.15) is 30.3 Å². The highest BCUT2D eigenvalue weighted by molar-refractivity contribution is 5.70. The topological polar surface area (TPSA) is 109 Å². The Morgan fingerprint density at radius 3 is 2.76 bits per heavy atom. The van der Waals surface area contributed by atoms with E-state index < -0.39 is 4.92 Å². The molecule has 2 aliphatic heterocycles. The first-order valence-electron chi connectivity index (χ1n) is 10.8. The number of hydrogen-bond acceptors (Lipinski definition) is 9. The van der Waals surface area contributed by atoms with Gasteiger partial charge < -0.3 is 25.2 Å². The minimum atomic E-state index is -0.408. The van der Waals surface area contributed by atoms with Gasteiger partial charge in [0, 0.05) is 56.1 Å². The molecule has 3 aromatic rings. The predicted molar refractivity (Wildman–Crippen MR) is 126 cm³/mol. The molecular formula is C23H25N7O3. The number of fused-ring (bicyclic) bond motifs is 3. The van der Waals surface area contributed by atoms with Crippen molar-refractivity contribution in [2.24, 2.45) is 0 Å². The van der Waals surface area contributed by atoms with Crippen molar-refractivity contribution in [1.82, 2.24) is 14.9 Å². The SMILES string of the molecule is CN1CCN2c3ccc(Nc4cc(NCc5ccc([N+](=O)[O-])cc5)ncn4)cc3OC[C@@H]2C1. The minimum Gasteiger partial charge on any atom is -0.489 e. The zero-order valence-electron chi connectivity index (χ0n) is 18.3. The van der Waals surface area contributed by atoms with Crippen LogP contribution in [0.4, 0.5) is 28.7 Å². The summed E-state index contributed by atoms with van der Waals surface area (Å²) >= 11 is 0. The lowest BCUT2D eigenvalue weighted by Crippen LogP contribution is -2.56. The van der Waals surface area contributed by atoms with Crippen LogP contribution in [0.3, 0.4) is 0 Å². The number of anilines is 4. The Kier molecular flexibility index (Phi) is 5.66. The van der Waals surface area contributed by atoms with Crippen molar-refractivity contribution < 1.29 is 9.66 Å². The number of rotatable bonds is 6. The first-order chi connectivity index (χ1) is 16.0. The average Bonchev–Trinajstić information content (AvgIpc) is 2.83. The van der Waals surface area contributed by atoms with E-state index in [-0.39, 0.29) is 5.69 Å². The number of nitro groups is 1.